The van der Waals surface area contributed by atoms with Crippen LogP contribution in [-0.2, 0) is 6.54 Å². The molecule has 0 atom stereocenters. The van der Waals surface area contributed by atoms with Crippen molar-refractivity contribution in [1.82, 2.24) is 24.6 Å². The molecule has 0 aliphatic carbocycles. The molecule has 26 heavy (non-hydrogen) atoms. The van der Waals surface area contributed by atoms with Crippen molar-refractivity contribution >= 4 is 5.82 Å². The van der Waals surface area contributed by atoms with E-state index in [0.717, 1.165) is 43.9 Å². The summed E-state index contributed by atoms with van der Waals surface area (Å²) in [5, 5.41) is 7.67. The molecule has 1 N–H and O–H groups in total. The van der Waals surface area contributed by atoms with Crippen molar-refractivity contribution in [3.05, 3.63) is 66.5 Å². The number of benzene rings is 1. The Morgan fingerprint density at radius 3 is 2.65 bits per heavy atom. The molecule has 0 saturated carbocycles. The highest BCUT2D eigenvalue weighted by atomic mass is 19.1. The van der Waals surface area contributed by atoms with E-state index >= 15 is 0 Å². The number of piperidine rings is 1. The number of rotatable bonds is 5. The Bertz CT molecular complexity index is 826. The van der Waals surface area contributed by atoms with Crippen LogP contribution < -0.4 is 5.32 Å². The molecule has 1 aliphatic rings. The van der Waals surface area contributed by atoms with Crippen LogP contribution in [0.15, 0.2) is 55.1 Å². The summed E-state index contributed by atoms with van der Waals surface area (Å²) in [7, 11) is 0. The van der Waals surface area contributed by atoms with Gasteiger partial charge in [-0.25, -0.2) is 14.1 Å². The van der Waals surface area contributed by atoms with Gasteiger partial charge in [0.1, 0.15) is 11.6 Å². The second-order valence-electron chi connectivity index (χ2n) is 6.53. The van der Waals surface area contributed by atoms with Gasteiger partial charge < -0.3 is 5.32 Å². The Hall–Kier alpha value is -2.80. The zero-order valence-corrected chi connectivity index (χ0v) is 14.4. The van der Waals surface area contributed by atoms with Crippen LogP contribution in [0.25, 0.3) is 5.82 Å². The van der Waals surface area contributed by atoms with Gasteiger partial charge in [-0.15, -0.1) is 0 Å². The van der Waals surface area contributed by atoms with E-state index in [1.54, 1.807) is 23.3 Å². The van der Waals surface area contributed by atoms with Crippen LogP contribution >= 0.6 is 0 Å². The second-order valence-corrected chi connectivity index (χ2v) is 6.53. The van der Waals surface area contributed by atoms with E-state index in [-0.39, 0.29) is 5.82 Å². The van der Waals surface area contributed by atoms with Gasteiger partial charge in [0.05, 0.1) is 12.4 Å². The first kappa shape index (κ1) is 16.7. The minimum absolute atomic E-state index is 0.185. The minimum atomic E-state index is -0.185. The highest BCUT2D eigenvalue weighted by molar-refractivity contribution is 5.36. The lowest BCUT2D eigenvalue weighted by Gasteiger charge is -2.32. The molecule has 3 aromatic rings. The first-order chi connectivity index (χ1) is 12.8. The average Bonchev–Trinajstić information content (AvgIpc) is 3.20. The van der Waals surface area contributed by atoms with Gasteiger partial charge in [-0.3, -0.25) is 9.88 Å². The maximum Gasteiger partial charge on any atom is 0.173 e. The quantitative estimate of drug-likeness (QED) is 0.765. The Balaban J connectivity index is 1.31. The number of nitrogens with zero attached hydrogens (tertiary/aromatic N) is 5. The van der Waals surface area contributed by atoms with E-state index in [9.17, 15) is 4.39 Å². The molecule has 4 rings (SSSR count). The molecule has 0 unspecified atom stereocenters. The summed E-state index contributed by atoms with van der Waals surface area (Å²) in [6.45, 7) is 2.87. The van der Waals surface area contributed by atoms with E-state index in [1.807, 2.05) is 24.4 Å². The lowest BCUT2D eigenvalue weighted by Crippen LogP contribution is -2.38. The summed E-state index contributed by atoms with van der Waals surface area (Å²) in [6, 6.07) is 9.00. The van der Waals surface area contributed by atoms with Crippen molar-refractivity contribution in [2.75, 3.05) is 18.4 Å². The number of nitrogens with one attached hydrogen (secondary N) is 1. The molecule has 0 bridgehead atoms. The first-order valence-electron chi connectivity index (χ1n) is 8.82. The van der Waals surface area contributed by atoms with Crippen molar-refractivity contribution in [1.29, 1.82) is 0 Å². The molecule has 3 heterocycles. The van der Waals surface area contributed by atoms with E-state index < -0.39 is 0 Å². The van der Waals surface area contributed by atoms with Crippen LogP contribution in [0.2, 0.25) is 0 Å². The maximum atomic E-state index is 13.0. The molecule has 0 radical (unpaired) electrons. The van der Waals surface area contributed by atoms with Gasteiger partial charge >= 0.3 is 0 Å². The largest absolute Gasteiger partial charge is 0.366 e. The zero-order chi connectivity index (χ0) is 17.8. The molecule has 1 fully saturated rings. The number of likely N-dealkylation sites (tertiary alicyclic amines) is 1. The van der Waals surface area contributed by atoms with E-state index in [4.69, 9.17) is 0 Å². The van der Waals surface area contributed by atoms with Gasteiger partial charge in [-0.05, 0) is 36.6 Å². The van der Waals surface area contributed by atoms with Crippen molar-refractivity contribution in [3.8, 4) is 5.82 Å². The molecule has 2 aromatic heterocycles. The van der Waals surface area contributed by atoms with Crippen LogP contribution in [0.3, 0.4) is 0 Å². The summed E-state index contributed by atoms with van der Waals surface area (Å²) in [6.07, 6.45) is 9.09. The third kappa shape index (κ3) is 4.05. The van der Waals surface area contributed by atoms with Crippen LogP contribution in [0.4, 0.5) is 10.2 Å². The van der Waals surface area contributed by atoms with Crippen molar-refractivity contribution in [3.63, 3.8) is 0 Å². The molecule has 1 saturated heterocycles. The fourth-order valence-corrected chi connectivity index (χ4v) is 3.23. The smallest absolute Gasteiger partial charge is 0.173 e. The fourth-order valence-electron chi connectivity index (χ4n) is 3.23. The van der Waals surface area contributed by atoms with Crippen LogP contribution in [0.5, 0.6) is 0 Å². The van der Waals surface area contributed by atoms with E-state index in [1.165, 1.54) is 12.1 Å². The Labute approximate surface area is 151 Å². The van der Waals surface area contributed by atoms with E-state index in [0.29, 0.717) is 11.9 Å². The van der Waals surface area contributed by atoms with Gasteiger partial charge in [0.15, 0.2) is 5.82 Å². The predicted molar refractivity (Wildman–Crippen MR) is 97.5 cm³/mol. The third-order valence-electron chi connectivity index (χ3n) is 4.62. The summed E-state index contributed by atoms with van der Waals surface area (Å²) in [5.74, 6) is 1.29. The highest BCUT2D eigenvalue weighted by Gasteiger charge is 2.19. The number of aromatic nitrogens is 4. The Kier molecular flexibility index (Phi) is 4.88. The van der Waals surface area contributed by atoms with Crippen molar-refractivity contribution < 1.29 is 4.39 Å². The van der Waals surface area contributed by atoms with Gasteiger partial charge in [-0.2, -0.15) is 5.10 Å². The molecule has 6 nitrogen and oxygen atoms in total. The number of hydrogen-bond donors (Lipinski definition) is 1. The summed E-state index contributed by atoms with van der Waals surface area (Å²) >= 11 is 0. The van der Waals surface area contributed by atoms with Gasteiger partial charge in [-0.1, -0.05) is 12.1 Å². The standard InChI is InChI=1S/C19H21FN6/c20-16-4-2-15(3-5-16)14-25-10-6-17(7-11-25)23-18-12-21-13-19(24-18)26-9-1-8-22-26/h1-5,8-9,12-13,17H,6-7,10-11,14H2,(H,23,24). The van der Waals surface area contributed by atoms with Crippen molar-refractivity contribution in [2.45, 2.75) is 25.4 Å². The lowest BCUT2D eigenvalue weighted by atomic mass is 10.0. The summed E-state index contributed by atoms with van der Waals surface area (Å²) in [4.78, 5) is 11.2. The lowest BCUT2D eigenvalue weighted by molar-refractivity contribution is 0.211. The normalized spacial score (nSPS) is 15.9. The predicted octanol–water partition coefficient (Wildman–Crippen LogP) is 2.88. The SMILES string of the molecule is Fc1ccc(CN2CCC(Nc3cncc(-n4cccn4)n3)CC2)cc1. The zero-order valence-electron chi connectivity index (χ0n) is 14.4. The fraction of sp³-hybridized carbons (Fsp3) is 0.316. The maximum absolute atomic E-state index is 13.0. The molecular formula is C19H21FN6. The Morgan fingerprint density at radius 1 is 1.12 bits per heavy atom. The number of anilines is 1. The molecule has 1 aromatic carbocycles. The van der Waals surface area contributed by atoms with Gasteiger partial charge in [0.2, 0.25) is 0 Å². The minimum Gasteiger partial charge on any atom is -0.366 e. The molecule has 134 valence electrons. The summed E-state index contributed by atoms with van der Waals surface area (Å²) in [5.41, 5.74) is 1.15. The first-order valence-corrected chi connectivity index (χ1v) is 8.82. The van der Waals surface area contributed by atoms with Crippen LogP contribution in [0.1, 0.15) is 18.4 Å². The second kappa shape index (κ2) is 7.61. The molecular weight excluding hydrogens is 331 g/mol. The monoisotopic (exact) mass is 352 g/mol. The van der Waals surface area contributed by atoms with Gasteiger partial charge in [0, 0.05) is 38.1 Å². The molecule has 0 spiro atoms. The van der Waals surface area contributed by atoms with Crippen molar-refractivity contribution in [2.24, 2.45) is 0 Å². The van der Waals surface area contributed by atoms with Gasteiger partial charge in [0.25, 0.3) is 0 Å². The summed E-state index contributed by atoms with van der Waals surface area (Å²) < 4.78 is 14.7. The number of halogens is 1. The average molecular weight is 352 g/mol. The molecule has 1 aliphatic heterocycles. The topological polar surface area (TPSA) is 58.9 Å². The highest BCUT2D eigenvalue weighted by Crippen LogP contribution is 2.17. The number of hydrogen-bond acceptors (Lipinski definition) is 5. The van der Waals surface area contributed by atoms with Crippen LogP contribution in [0, 0.1) is 5.82 Å². The third-order valence-corrected chi connectivity index (χ3v) is 4.62. The molecule has 7 heteroatoms. The van der Waals surface area contributed by atoms with Crippen LogP contribution in [-0.4, -0.2) is 43.8 Å². The van der Waals surface area contributed by atoms with E-state index in [2.05, 4.69) is 25.3 Å². The molecule has 0 amide bonds. The Morgan fingerprint density at radius 2 is 1.92 bits per heavy atom.